The Morgan fingerprint density at radius 2 is 1.47 bits per heavy atom. The van der Waals surface area contributed by atoms with Gasteiger partial charge in [-0.1, -0.05) is 111 Å². The van der Waals surface area contributed by atoms with Crippen molar-refractivity contribution in [2.75, 3.05) is 10.2 Å². The van der Waals surface area contributed by atoms with Crippen LogP contribution in [0.5, 0.6) is 0 Å². The molecule has 5 nitrogen and oxygen atoms in total. The highest BCUT2D eigenvalue weighted by atomic mass is 16.2. The van der Waals surface area contributed by atoms with E-state index in [1.165, 1.54) is 0 Å². The van der Waals surface area contributed by atoms with E-state index in [0.717, 1.165) is 34.4 Å². The molecule has 4 aromatic carbocycles. The third-order valence-electron chi connectivity index (χ3n) is 9.38. The molecule has 7 rings (SSSR count). The van der Waals surface area contributed by atoms with Crippen molar-refractivity contribution in [3.63, 3.8) is 0 Å². The molecule has 1 amide bonds. The van der Waals surface area contributed by atoms with E-state index >= 15 is 4.79 Å². The van der Waals surface area contributed by atoms with Gasteiger partial charge in [-0.15, -0.1) is 0 Å². The fourth-order valence-electron chi connectivity index (χ4n) is 7.62. The van der Waals surface area contributed by atoms with Gasteiger partial charge < -0.3 is 10.2 Å². The first-order valence-corrected chi connectivity index (χ1v) is 15.0. The third kappa shape index (κ3) is 4.02. The fourth-order valence-corrected chi connectivity index (χ4v) is 7.62. The molecule has 1 spiro atoms. The van der Waals surface area contributed by atoms with Crippen LogP contribution in [0, 0.1) is 11.8 Å². The number of nitrogens with zero attached hydrogens (tertiary/aromatic N) is 1. The maximum Gasteiger partial charge on any atom is 0.238 e. The van der Waals surface area contributed by atoms with Crippen molar-refractivity contribution < 1.29 is 14.4 Å². The Hall–Kier alpha value is -4.77. The number of anilines is 2. The van der Waals surface area contributed by atoms with Crippen LogP contribution < -0.4 is 10.2 Å². The Morgan fingerprint density at radius 3 is 2.21 bits per heavy atom. The van der Waals surface area contributed by atoms with Gasteiger partial charge in [-0.05, 0) is 48.1 Å². The number of rotatable bonds is 6. The van der Waals surface area contributed by atoms with Crippen LogP contribution in [-0.4, -0.2) is 29.6 Å². The van der Waals surface area contributed by atoms with E-state index in [1.54, 1.807) is 12.1 Å². The molecule has 214 valence electrons. The van der Waals surface area contributed by atoms with Crippen LogP contribution in [0.25, 0.3) is 5.57 Å². The van der Waals surface area contributed by atoms with Gasteiger partial charge in [-0.25, -0.2) is 0 Å². The van der Waals surface area contributed by atoms with Crippen molar-refractivity contribution in [2.45, 2.75) is 44.7 Å². The standard InChI is InChI=1S/C38H34N2O3/c1-23(2)21-25-17-19-27(20-18-25)35(41)33-34(36(42)26-11-5-4-6-12-26)40-31-16-10-7-13-28(31)24(3)22-32(40)38(33)29-14-8-9-15-30(29)39-37(38)43/h4-20,22-23,32-34H,21H2,1-3H3,(H,39,43)/t32-,33-,34+,38+/m0/s1. The lowest BCUT2D eigenvalue weighted by molar-refractivity contribution is -0.121. The average Bonchev–Trinajstić information content (AvgIpc) is 3.49. The molecule has 3 aliphatic heterocycles. The van der Waals surface area contributed by atoms with E-state index in [9.17, 15) is 9.59 Å². The largest absolute Gasteiger partial charge is 0.352 e. The molecule has 4 aromatic rings. The predicted octanol–water partition coefficient (Wildman–Crippen LogP) is 7.13. The zero-order valence-electron chi connectivity index (χ0n) is 24.6. The molecular weight excluding hydrogens is 532 g/mol. The number of hydrogen-bond acceptors (Lipinski definition) is 4. The summed E-state index contributed by atoms with van der Waals surface area (Å²) >= 11 is 0. The molecule has 4 atom stereocenters. The summed E-state index contributed by atoms with van der Waals surface area (Å²) in [5, 5.41) is 3.11. The smallest absolute Gasteiger partial charge is 0.238 e. The van der Waals surface area contributed by atoms with Gasteiger partial charge in [0.05, 0.1) is 12.0 Å². The highest BCUT2D eigenvalue weighted by molar-refractivity contribution is 6.18. The number of Topliss-reactive ketones (excluding diaryl/α,β-unsaturated/α-hetero) is 2. The number of carbonyl (C=O) groups excluding carboxylic acids is 3. The maximum absolute atomic E-state index is 15.0. The predicted molar refractivity (Wildman–Crippen MR) is 170 cm³/mol. The number of amides is 1. The normalized spacial score (nSPS) is 23.4. The molecular formula is C38H34N2O3. The van der Waals surface area contributed by atoms with Gasteiger partial charge in [-0.2, -0.15) is 0 Å². The summed E-state index contributed by atoms with van der Waals surface area (Å²) in [5.41, 5.74) is 5.19. The molecule has 0 saturated carbocycles. The fraction of sp³-hybridized carbons (Fsp3) is 0.237. The number of benzene rings is 4. The van der Waals surface area contributed by atoms with E-state index < -0.39 is 23.4 Å². The van der Waals surface area contributed by atoms with Crippen LogP contribution in [0.15, 0.2) is 109 Å². The summed E-state index contributed by atoms with van der Waals surface area (Å²) in [7, 11) is 0. The van der Waals surface area contributed by atoms with Gasteiger partial charge >= 0.3 is 0 Å². The number of carbonyl (C=O) groups is 3. The molecule has 1 N–H and O–H groups in total. The van der Waals surface area contributed by atoms with Crippen LogP contribution in [0.2, 0.25) is 0 Å². The second-order valence-electron chi connectivity index (χ2n) is 12.4. The topological polar surface area (TPSA) is 66.5 Å². The van der Waals surface area contributed by atoms with E-state index in [-0.39, 0.29) is 17.5 Å². The second kappa shape index (κ2) is 10.2. The maximum atomic E-state index is 15.0. The Labute approximate surface area is 252 Å². The number of hydrogen-bond donors (Lipinski definition) is 1. The Balaban J connectivity index is 1.50. The first-order valence-electron chi connectivity index (χ1n) is 15.0. The van der Waals surface area contributed by atoms with Crippen molar-refractivity contribution in [1.29, 1.82) is 0 Å². The summed E-state index contributed by atoms with van der Waals surface area (Å²) < 4.78 is 0. The summed E-state index contributed by atoms with van der Waals surface area (Å²) in [4.78, 5) is 46.3. The van der Waals surface area contributed by atoms with Crippen molar-refractivity contribution >= 4 is 34.4 Å². The number of fused-ring (bicyclic) bond motifs is 6. The first kappa shape index (κ1) is 27.1. The molecule has 1 saturated heterocycles. The number of ketones is 2. The highest BCUT2D eigenvalue weighted by Crippen LogP contribution is 2.58. The summed E-state index contributed by atoms with van der Waals surface area (Å²) in [6.45, 7) is 6.38. The summed E-state index contributed by atoms with van der Waals surface area (Å²) in [5.74, 6) is -1.10. The second-order valence-corrected chi connectivity index (χ2v) is 12.4. The van der Waals surface area contributed by atoms with Crippen molar-refractivity contribution in [3.05, 3.63) is 137 Å². The lowest BCUT2D eigenvalue weighted by Gasteiger charge is -2.39. The molecule has 0 radical (unpaired) electrons. The van der Waals surface area contributed by atoms with Crippen LogP contribution in [0.4, 0.5) is 11.4 Å². The zero-order valence-corrected chi connectivity index (χ0v) is 24.6. The molecule has 5 heteroatoms. The minimum atomic E-state index is -1.31. The molecule has 0 unspecified atom stereocenters. The van der Waals surface area contributed by atoms with Gasteiger partial charge in [-0.3, -0.25) is 14.4 Å². The molecule has 0 aromatic heterocycles. The first-order chi connectivity index (χ1) is 20.8. The van der Waals surface area contributed by atoms with Crippen molar-refractivity contribution in [3.8, 4) is 0 Å². The minimum Gasteiger partial charge on any atom is -0.352 e. The molecule has 0 bridgehead atoms. The molecule has 1 fully saturated rings. The zero-order chi connectivity index (χ0) is 29.9. The minimum absolute atomic E-state index is 0.169. The lowest BCUT2D eigenvalue weighted by atomic mass is 9.64. The van der Waals surface area contributed by atoms with Crippen LogP contribution in [0.3, 0.4) is 0 Å². The molecule has 0 aliphatic carbocycles. The third-order valence-corrected chi connectivity index (χ3v) is 9.38. The van der Waals surface area contributed by atoms with Gasteiger partial charge in [0.1, 0.15) is 11.5 Å². The molecule has 3 aliphatic rings. The highest BCUT2D eigenvalue weighted by Gasteiger charge is 2.70. The molecule has 43 heavy (non-hydrogen) atoms. The summed E-state index contributed by atoms with van der Waals surface area (Å²) in [6, 6.07) is 31.0. The van der Waals surface area contributed by atoms with E-state index in [4.69, 9.17) is 0 Å². The van der Waals surface area contributed by atoms with E-state index in [0.29, 0.717) is 22.7 Å². The quantitative estimate of drug-likeness (QED) is 0.252. The molecule has 3 heterocycles. The Bertz CT molecular complexity index is 1790. The monoisotopic (exact) mass is 566 g/mol. The number of allylic oxidation sites excluding steroid dienone is 1. The average molecular weight is 567 g/mol. The van der Waals surface area contributed by atoms with Crippen LogP contribution >= 0.6 is 0 Å². The van der Waals surface area contributed by atoms with Crippen molar-refractivity contribution in [2.24, 2.45) is 11.8 Å². The van der Waals surface area contributed by atoms with Gasteiger partial charge in [0, 0.05) is 28.1 Å². The summed E-state index contributed by atoms with van der Waals surface area (Å²) in [6.07, 6.45) is 3.00. The van der Waals surface area contributed by atoms with E-state index in [1.807, 2.05) is 97.9 Å². The van der Waals surface area contributed by atoms with Crippen LogP contribution in [-0.2, 0) is 16.6 Å². The van der Waals surface area contributed by atoms with Gasteiger partial charge in [0.15, 0.2) is 11.6 Å². The Kier molecular flexibility index (Phi) is 6.42. The van der Waals surface area contributed by atoms with Crippen LogP contribution in [0.1, 0.15) is 58.2 Å². The van der Waals surface area contributed by atoms with Gasteiger partial charge in [0.2, 0.25) is 5.91 Å². The van der Waals surface area contributed by atoms with Gasteiger partial charge in [0.25, 0.3) is 0 Å². The van der Waals surface area contributed by atoms with Crippen molar-refractivity contribution in [1.82, 2.24) is 0 Å². The SMILES string of the molecule is CC1=C[C@@H]2N(c3ccccc31)[C@@H](C(=O)c1ccccc1)[C@@H](C(=O)c1ccc(CC(C)C)cc1)[C@]21C(=O)Nc2ccccc21. The lowest BCUT2D eigenvalue weighted by Crippen LogP contribution is -2.51. The number of nitrogens with one attached hydrogen (secondary N) is 1. The Morgan fingerprint density at radius 1 is 0.814 bits per heavy atom. The number of para-hydroxylation sites is 2. The van der Waals surface area contributed by atoms with E-state index in [2.05, 4.69) is 30.1 Å².